The number of hydrogen-bond donors (Lipinski definition) is 1. The van der Waals surface area contributed by atoms with Crippen molar-refractivity contribution in [3.05, 3.63) is 29.3 Å². The molecule has 0 heterocycles. The van der Waals surface area contributed by atoms with Crippen LogP contribution in [0.1, 0.15) is 36.8 Å². The minimum atomic E-state index is -0.0869. The Kier molecular flexibility index (Phi) is 2.70. The molecule has 1 fully saturated rings. The largest absolute Gasteiger partial charge is 0.497 e. The van der Waals surface area contributed by atoms with E-state index in [-0.39, 0.29) is 5.54 Å². The molecule has 1 aliphatic rings. The van der Waals surface area contributed by atoms with Crippen LogP contribution in [-0.2, 0) is 5.54 Å². The van der Waals surface area contributed by atoms with E-state index >= 15 is 0 Å². The van der Waals surface area contributed by atoms with E-state index in [1.54, 1.807) is 7.11 Å². The van der Waals surface area contributed by atoms with Crippen LogP contribution in [0.3, 0.4) is 0 Å². The zero-order chi connectivity index (χ0) is 10.9. The van der Waals surface area contributed by atoms with Gasteiger partial charge in [-0.1, -0.05) is 18.9 Å². The highest BCUT2D eigenvalue weighted by Gasteiger charge is 2.32. The number of ether oxygens (including phenoxy) is 1. The lowest BCUT2D eigenvalue weighted by Crippen LogP contribution is -2.33. The van der Waals surface area contributed by atoms with Gasteiger partial charge in [0.1, 0.15) is 5.75 Å². The fraction of sp³-hybridized carbons (Fsp3) is 0.538. The van der Waals surface area contributed by atoms with E-state index in [0.717, 1.165) is 18.6 Å². The molecular weight excluding hydrogens is 186 g/mol. The average Bonchev–Trinajstić information content (AvgIpc) is 2.65. The van der Waals surface area contributed by atoms with E-state index < -0.39 is 0 Å². The van der Waals surface area contributed by atoms with Gasteiger partial charge in [-0.05, 0) is 43.0 Å². The first kappa shape index (κ1) is 10.5. The Morgan fingerprint density at radius 1 is 1.27 bits per heavy atom. The van der Waals surface area contributed by atoms with Crippen molar-refractivity contribution in [1.82, 2.24) is 0 Å². The first-order chi connectivity index (χ1) is 7.15. The van der Waals surface area contributed by atoms with Gasteiger partial charge < -0.3 is 10.5 Å². The van der Waals surface area contributed by atoms with Gasteiger partial charge >= 0.3 is 0 Å². The summed E-state index contributed by atoms with van der Waals surface area (Å²) in [5.41, 5.74) is 8.89. The van der Waals surface area contributed by atoms with Crippen LogP contribution in [0.5, 0.6) is 5.75 Å². The fourth-order valence-electron chi connectivity index (χ4n) is 2.60. The van der Waals surface area contributed by atoms with E-state index in [2.05, 4.69) is 19.1 Å². The zero-order valence-electron chi connectivity index (χ0n) is 9.55. The van der Waals surface area contributed by atoms with E-state index in [0.29, 0.717) is 0 Å². The molecule has 1 aromatic carbocycles. The highest BCUT2D eigenvalue weighted by Crippen LogP contribution is 2.38. The normalized spacial score (nSPS) is 19.1. The van der Waals surface area contributed by atoms with Gasteiger partial charge in [-0.25, -0.2) is 0 Å². The number of methoxy groups -OCH3 is 1. The Hall–Kier alpha value is -1.02. The van der Waals surface area contributed by atoms with Crippen molar-refractivity contribution in [3.63, 3.8) is 0 Å². The van der Waals surface area contributed by atoms with E-state index in [9.17, 15) is 0 Å². The van der Waals surface area contributed by atoms with Gasteiger partial charge in [0.05, 0.1) is 7.11 Å². The minimum absolute atomic E-state index is 0.0869. The van der Waals surface area contributed by atoms with Crippen LogP contribution in [0.2, 0.25) is 0 Å². The monoisotopic (exact) mass is 205 g/mol. The van der Waals surface area contributed by atoms with Crippen molar-refractivity contribution in [2.75, 3.05) is 7.11 Å². The maximum atomic E-state index is 6.43. The SMILES string of the molecule is COc1ccc(C2(N)CCCC2)c(C)c1. The van der Waals surface area contributed by atoms with Crippen LogP contribution >= 0.6 is 0 Å². The molecule has 2 N–H and O–H groups in total. The molecule has 0 amide bonds. The first-order valence-corrected chi connectivity index (χ1v) is 5.60. The topological polar surface area (TPSA) is 35.2 Å². The molecule has 1 aliphatic carbocycles. The van der Waals surface area contributed by atoms with Gasteiger partial charge in [0.25, 0.3) is 0 Å². The summed E-state index contributed by atoms with van der Waals surface area (Å²) in [5.74, 6) is 0.915. The molecule has 2 rings (SSSR count). The molecule has 0 radical (unpaired) electrons. The van der Waals surface area contributed by atoms with Crippen molar-refractivity contribution in [3.8, 4) is 5.75 Å². The molecule has 1 aromatic rings. The summed E-state index contributed by atoms with van der Waals surface area (Å²) in [6.45, 7) is 2.12. The van der Waals surface area contributed by atoms with Crippen LogP contribution < -0.4 is 10.5 Å². The van der Waals surface area contributed by atoms with Crippen molar-refractivity contribution in [2.24, 2.45) is 5.73 Å². The van der Waals surface area contributed by atoms with Crippen LogP contribution in [0.4, 0.5) is 0 Å². The summed E-state index contributed by atoms with van der Waals surface area (Å²) in [6.07, 6.45) is 4.73. The first-order valence-electron chi connectivity index (χ1n) is 5.60. The van der Waals surface area contributed by atoms with Gasteiger partial charge in [-0.2, -0.15) is 0 Å². The summed E-state index contributed by atoms with van der Waals surface area (Å²) in [7, 11) is 1.70. The third-order valence-electron chi connectivity index (χ3n) is 3.47. The summed E-state index contributed by atoms with van der Waals surface area (Å²) < 4.78 is 5.20. The second kappa shape index (κ2) is 3.86. The van der Waals surface area contributed by atoms with Gasteiger partial charge in [0.2, 0.25) is 0 Å². The lowest BCUT2D eigenvalue weighted by atomic mass is 9.86. The molecular formula is C13H19NO. The van der Waals surface area contributed by atoms with Gasteiger partial charge in [0, 0.05) is 5.54 Å². The third-order valence-corrected chi connectivity index (χ3v) is 3.47. The smallest absolute Gasteiger partial charge is 0.119 e. The molecule has 82 valence electrons. The Balaban J connectivity index is 2.36. The van der Waals surface area contributed by atoms with Crippen LogP contribution in [-0.4, -0.2) is 7.11 Å². The van der Waals surface area contributed by atoms with Crippen LogP contribution in [0.25, 0.3) is 0 Å². The van der Waals surface area contributed by atoms with Crippen LogP contribution in [0, 0.1) is 6.92 Å². The van der Waals surface area contributed by atoms with E-state index in [4.69, 9.17) is 10.5 Å². The summed E-state index contributed by atoms with van der Waals surface area (Å²) in [5, 5.41) is 0. The molecule has 2 nitrogen and oxygen atoms in total. The van der Waals surface area contributed by atoms with E-state index in [1.807, 2.05) is 6.07 Å². The van der Waals surface area contributed by atoms with Crippen molar-refractivity contribution in [1.29, 1.82) is 0 Å². The highest BCUT2D eigenvalue weighted by molar-refractivity contribution is 5.39. The Morgan fingerprint density at radius 2 is 1.93 bits per heavy atom. The maximum absolute atomic E-state index is 6.43. The van der Waals surface area contributed by atoms with Crippen molar-refractivity contribution >= 4 is 0 Å². The zero-order valence-corrected chi connectivity index (χ0v) is 9.55. The summed E-state index contributed by atoms with van der Waals surface area (Å²) in [6, 6.07) is 6.21. The summed E-state index contributed by atoms with van der Waals surface area (Å²) >= 11 is 0. The lowest BCUT2D eigenvalue weighted by molar-refractivity contribution is 0.412. The Bertz CT molecular complexity index is 354. The molecule has 0 aromatic heterocycles. The molecule has 0 bridgehead atoms. The number of benzene rings is 1. The standard InChI is InChI=1S/C13H19NO/c1-10-9-11(15-2)5-6-12(10)13(14)7-3-4-8-13/h5-6,9H,3-4,7-8,14H2,1-2H3. The van der Waals surface area contributed by atoms with Crippen LogP contribution in [0.15, 0.2) is 18.2 Å². The number of nitrogens with two attached hydrogens (primary N) is 1. The van der Waals surface area contributed by atoms with Gasteiger partial charge in [-0.3, -0.25) is 0 Å². The summed E-state index contributed by atoms with van der Waals surface area (Å²) in [4.78, 5) is 0. The molecule has 0 spiro atoms. The molecule has 0 saturated heterocycles. The van der Waals surface area contributed by atoms with Gasteiger partial charge in [-0.15, -0.1) is 0 Å². The molecule has 0 unspecified atom stereocenters. The molecule has 0 aliphatic heterocycles. The Morgan fingerprint density at radius 3 is 2.47 bits per heavy atom. The fourth-order valence-corrected chi connectivity index (χ4v) is 2.60. The maximum Gasteiger partial charge on any atom is 0.119 e. The lowest BCUT2D eigenvalue weighted by Gasteiger charge is -2.26. The van der Waals surface area contributed by atoms with Gasteiger partial charge in [0.15, 0.2) is 0 Å². The molecule has 15 heavy (non-hydrogen) atoms. The average molecular weight is 205 g/mol. The second-order valence-electron chi connectivity index (χ2n) is 4.54. The minimum Gasteiger partial charge on any atom is -0.497 e. The third kappa shape index (κ3) is 1.86. The highest BCUT2D eigenvalue weighted by atomic mass is 16.5. The second-order valence-corrected chi connectivity index (χ2v) is 4.54. The predicted molar refractivity (Wildman–Crippen MR) is 62.1 cm³/mol. The molecule has 2 heteroatoms. The number of rotatable bonds is 2. The number of hydrogen-bond acceptors (Lipinski definition) is 2. The predicted octanol–water partition coefficient (Wildman–Crippen LogP) is 2.73. The molecule has 0 atom stereocenters. The van der Waals surface area contributed by atoms with Crippen molar-refractivity contribution in [2.45, 2.75) is 38.1 Å². The number of aryl methyl sites for hydroxylation is 1. The Labute approximate surface area is 91.4 Å². The van der Waals surface area contributed by atoms with Crippen molar-refractivity contribution < 1.29 is 4.74 Å². The van der Waals surface area contributed by atoms with E-state index in [1.165, 1.54) is 24.0 Å². The quantitative estimate of drug-likeness (QED) is 0.805. The molecule has 1 saturated carbocycles.